The third-order valence-electron chi connectivity index (χ3n) is 3.33. The number of carboxylic acid groups (broad SMARTS) is 1. The maximum absolute atomic E-state index is 11.9. The van der Waals surface area contributed by atoms with Crippen molar-refractivity contribution in [3.05, 3.63) is 0 Å². The second kappa shape index (κ2) is 7.26. The van der Waals surface area contributed by atoms with Gasteiger partial charge in [-0.15, -0.1) is 0 Å². The van der Waals surface area contributed by atoms with E-state index in [-0.39, 0.29) is 19.6 Å². The highest BCUT2D eigenvalue weighted by atomic mass is 16.6. The highest BCUT2D eigenvalue weighted by Gasteiger charge is 2.47. The number of alkyl carbamates (subject to hydrolysis) is 1. The molecule has 8 heteroatoms. The maximum atomic E-state index is 11.9. The number of aliphatic carboxylic acids is 1. The smallest absolute Gasteiger partial charge is 0.408 e. The fourth-order valence-electron chi connectivity index (χ4n) is 2.42. The monoisotopic (exact) mass is 318 g/mol. The van der Waals surface area contributed by atoms with Crippen molar-refractivity contribution in [2.24, 2.45) is 0 Å². The number of nitrogens with zero attached hydrogens (tertiary/aromatic N) is 1. The van der Waals surface area contributed by atoms with Crippen LogP contribution in [0.3, 0.4) is 0 Å². The Morgan fingerprint density at radius 1 is 1.41 bits per heavy atom. The van der Waals surface area contributed by atoms with Crippen molar-refractivity contribution in [3.63, 3.8) is 0 Å². The number of likely N-dealkylation sites (tertiary alicyclic amines) is 1. The molecule has 128 valence electrons. The van der Waals surface area contributed by atoms with Gasteiger partial charge < -0.3 is 25.0 Å². The molecule has 1 amide bonds. The van der Waals surface area contributed by atoms with E-state index >= 15 is 0 Å². The largest absolute Gasteiger partial charge is 0.479 e. The first-order valence-electron chi connectivity index (χ1n) is 7.22. The average Bonchev–Trinajstić information content (AvgIpc) is 2.71. The molecule has 1 heterocycles. The molecule has 0 aromatic heterocycles. The van der Waals surface area contributed by atoms with Gasteiger partial charge in [0.25, 0.3) is 0 Å². The van der Waals surface area contributed by atoms with E-state index in [0.29, 0.717) is 13.1 Å². The first-order valence-corrected chi connectivity index (χ1v) is 7.22. The number of methoxy groups -OCH3 is 1. The van der Waals surface area contributed by atoms with Crippen LogP contribution in [0.4, 0.5) is 4.79 Å². The third-order valence-corrected chi connectivity index (χ3v) is 3.33. The molecule has 0 spiro atoms. The van der Waals surface area contributed by atoms with Crippen LogP contribution in [0.25, 0.3) is 0 Å². The van der Waals surface area contributed by atoms with E-state index < -0.39 is 29.3 Å². The Morgan fingerprint density at radius 2 is 2.05 bits per heavy atom. The topological polar surface area (TPSA) is 108 Å². The number of hydrogen-bond donors (Lipinski definition) is 3. The maximum Gasteiger partial charge on any atom is 0.408 e. The molecule has 1 aliphatic rings. The summed E-state index contributed by atoms with van der Waals surface area (Å²) in [5.41, 5.74) is -2.09. The van der Waals surface area contributed by atoms with Gasteiger partial charge in [-0.25, -0.2) is 9.59 Å². The van der Waals surface area contributed by atoms with Crippen LogP contribution in [0.15, 0.2) is 0 Å². The highest BCUT2D eigenvalue weighted by molar-refractivity contribution is 5.85. The number of ether oxygens (including phenoxy) is 2. The van der Waals surface area contributed by atoms with Crippen molar-refractivity contribution in [1.29, 1.82) is 0 Å². The standard InChI is InChI=1S/C14H26N2O6/c1-13(2,3)22-12(20)15-14(11(18)19)5-6-16(9-14)7-10(17)8-21-4/h10,17H,5-9H2,1-4H3,(H,15,20)(H,18,19). The van der Waals surface area contributed by atoms with Crippen LogP contribution in [0.1, 0.15) is 27.2 Å². The molecule has 2 atom stereocenters. The van der Waals surface area contributed by atoms with Crippen molar-refractivity contribution in [2.75, 3.05) is 33.4 Å². The minimum absolute atomic E-state index is 0.113. The predicted octanol–water partition coefficient (Wildman–Crippen LogP) is 0.0475. The molecule has 0 saturated carbocycles. The molecular weight excluding hydrogens is 292 g/mol. The third kappa shape index (κ3) is 5.43. The van der Waals surface area contributed by atoms with Crippen molar-refractivity contribution in [1.82, 2.24) is 10.2 Å². The van der Waals surface area contributed by atoms with Gasteiger partial charge in [-0.2, -0.15) is 0 Å². The minimum atomic E-state index is -1.39. The Morgan fingerprint density at radius 3 is 2.55 bits per heavy atom. The number of nitrogens with one attached hydrogen (secondary N) is 1. The number of carboxylic acids is 1. The molecule has 0 bridgehead atoms. The summed E-state index contributed by atoms with van der Waals surface area (Å²) in [5, 5.41) is 21.7. The summed E-state index contributed by atoms with van der Waals surface area (Å²) in [6, 6.07) is 0. The van der Waals surface area contributed by atoms with Crippen LogP contribution in [0.2, 0.25) is 0 Å². The number of amides is 1. The zero-order chi connectivity index (χ0) is 17.0. The molecule has 0 aromatic carbocycles. The lowest BCUT2D eigenvalue weighted by atomic mass is 9.99. The number of carbonyl (C=O) groups is 2. The average molecular weight is 318 g/mol. The zero-order valence-corrected chi connectivity index (χ0v) is 13.6. The number of aliphatic hydroxyl groups excluding tert-OH is 1. The lowest BCUT2D eigenvalue weighted by Gasteiger charge is -2.28. The van der Waals surface area contributed by atoms with Crippen LogP contribution >= 0.6 is 0 Å². The van der Waals surface area contributed by atoms with Crippen LogP contribution in [-0.4, -0.2) is 77.8 Å². The van der Waals surface area contributed by atoms with E-state index in [1.165, 1.54) is 7.11 Å². The Balaban J connectivity index is 2.67. The van der Waals surface area contributed by atoms with Gasteiger partial charge in [0.05, 0.1) is 12.7 Å². The van der Waals surface area contributed by atoms with Crippen LogP contribution in [0, 0.1) is 0 Å². The quantitative estimate of drug-likeness (QED) is 0.635. The van der Waals surface area contributed by atoms with E-state index in [0.717, 1.165) is 0 Å². The molecule has 3 N–H and O–H groups in total. The number of hydrogen-bond acceptors (Lipinski definition) is 6. The Labute approximate surface area is 130 Å². The van der Waals surface area contributed by atoms with Crippen LogP contribution < -0.4 is 5.32 Å². The Kier molecular flexibility index (Phi) is 6.16. The van der Waals surface area contributed by atoms with Crippen molar-refractivity contribution in [2.45, 2.75) is 44.4 Å². The fourth-order valence-corrected chi connectivity index (χ4v) is 2.42. The Bertz CT molecular complexity index is 409. The molecule has 8 nitrogen and oxygen atoms in total. The van der Waals surface area contributed by atoms with E-state index in [9.17, 15) is 19.8 Å². The molecule has 22 heavy (non-hydrogen) atoms. The molecule has 1 aliphatic heterocycles. The number of aliphatic hydroxyl groups is 1. The van der Waals surface area contributed by atoms with Crippen molar-refractivity contribution < 1.29 is 29.3 Å². The predicted molar refractivity (Wildman–Crippen MR) is 78.7 cm³/mol. The lowest BCUT2D eigenvalue weighted by molar-refractivity contribution is -0.144. The first-order chi connectivity index (χ1) is 10.1. The molecular formula is C14H26N2O6. The number of β-amino-alcohol motifs (C(OH)–C–C–N with tert-alkyl or cyclic N) is 1. The summed E-state index contributed by atoms with van der Waals surface area (Å²) < 4.78 is 9.98. The van der Waals surface area contributed by atoms with E-state index in [4.69, 9.17) is 9.47 Å². The fraction of sp³-hybridized carbons (Fsp3) is 0.857. The van der Waals surface area contributed by atoms with E-state index in [1.54, 1.807) is 25.7 Å². The molecule has 0 aromatic rings. The van der Waals surface area contributed by atoms with Gasteiger partial charge in [-0.05, 0) is 27.2 Å². The molecule has 1 fully saturated rings. The highest BCUT2D eigenvalue weighted by Crippen LogP contribution is 2.23. The normalized spacial score (nSPS) is 24.0. The SMILES string of the molecule is COCC(O)CN1CCC(NC(=O)OC(C)(C)C)(C(=O)O)C1. The second-order valence-electron chi connectivity index (χ2n) is 6.61. The molecule has 1 rings (SSSR count). The summed E-state index contributed by atoms with van der Waals surface area (Å²) in [7, 11) is 1.48. The molecule has 0 radical (unpaired) electrons. The van der Waals surface area contributed by atoms with Gasteiger partial charge in [0.15, 0.2) is 5.54 Å². The molecule has 1 saturated heterocycles. The summed E-state index contributed by atoms with van der Waals surface area (Å²) in [4.78, 5) is 25.3. The van der Waals surface area contributed by atoms with Crippen LogP contribution in [0.5, 0.6) is 0 Å². The second-order valence-corrected chi connectivity index (χ2v) is 6.61. The summed E-state index contributed by atoms with van der Waals surface area (Å²) in [5.74, 6) is -1.11. The number of rotatable bonds is 6. The van der Waals surface area contributed by atoms with Crippen LogP contribution in [-0.2, 0) is 14.3 Å². The van der Waals surface area contributed by atoms with Gasteiger partial charge in [-0.3, -0.25) is 4.90 Å². The van der Waals surface area contributed by atoms with Gasteiger partial charge in [0.2, 0.25) is 0 Å². The zero-order valence-electron chi connectivity index (χ0n) is 13.6. The van der Waals surface area contributed by atoms with Gasteiger partial charge >= 0.3 is 12.1 Å². The lowest BCUT2D eigenvalue weighted by Crippen LogP contribution is -2.57. The van der Waals surface area contributed by atoms with Gasteiger partial charge in [0, 0.05) is 26.7 Å². The van der Waals surface area contributed by atoms with Gasteiger partial charge in [0.1, 0.15) is 5.60 Å². The minimum Gasteiger partial charge on any atom is -0.479 e. The Hall–Kier alpha value is -1.38. The summed E-state index contributed by atoms with van der Waals surface area (Å²) in [6.45, 7) is 6.17. The summed E-state index contributed by atoms with van der Waals surface area (Å²) >= 11 is 0. The van der Waals surface area contributed by atoms with Crippen molar-refractivity contribution in [3.8, 4) is 0 Å². The number of carbonyl (C=O) groups excluding carboxylic acids is 1. The first kappa shape index (κ1) is 18.7. The molecule has 0 aliphatic carbocycles. The van der Waals surface area contributed by atoms with Gasteiger partial charge in [-0.1, -0.05) is 0 Å². The van der Waals surface area contributed by atoms with E-state index in [1.807, 2.05) is 0 Å². The van der Waals surface area contributed by atoms with Crippen molar-refractivity contribution >= 4 is 12.1 Å². The molecule has 2 unspecified atom stereocenters. The summed E-state index contributed by atoms with van der Waals surface area (Å²) in [6.07, 6.45) is -1.20. The van der Waals surface area contributed by atoms with E-state index in [2.05, 4.69) is 5.32 Å².